The fraction of sp³-hybridized carbons (Fsp3) is 0.714. The molecule has 2 bridgehead atoms. The summed E-state index contributed by atoms with van der Waals surface area (Å²) in [6.45, 7) is 10.9. The molecule has 3 nitrogen and oxygen atoms in total. The lowest BCUT2D eigenvalue weighted by Crippen LogP contribution is -2.35. The molecule has 2 aromatic heterocycles. The van der Waals surface area contributed by atoms with Crippen LogP contribution >= 0.6 is 11.3 Å². The minimum atomic E-state index is 0.439. The van der Waals surface area contributed by atoms with Crippen LogP contribution in [0.25, 0.3) is 10.2 Å². The first-order valence-corrected chi connectivity index (χ1v) is 10.7. The molecule has 3 atom stereocenters. The van der Waals surface area contributed by atoms with E-state index in [-0.39, 0.29) is 0 Å². The van der Waals surface area contributed by atoms with Gasteiger partial charge in [0.1, 0.15) is 17.0 Å². The molecule has 3 heterocycles. The van der Waals surface area contributed by atoms with Gasteiger partial charge in [-0.3, -0.25) is 0 Å². The zero-order valence-electron chi connectivity index (χ0n) is 15.9. The molecule has 2 aromatic rings. The average Bonchev–Trinajstić information content (AvgIpc) is 2.99. The molecule has 1 saturated heterocycles. The van der Waals surface area contributed by atoms with Crippen LogP contribution in [-0.4, -0.2) is 22.6 Å². The Labute approximate surface area is 154 Å². The Hall–Kier alpha value is -1.16. The first-order chi connectivity index (χ1) is 11.8. The molecule has 0 amide bonds. The molecule has 5 rings (SSSR count). The predicted molar refractivity (Wildman–Crippen MR) is 105 cm³/mol. The average molecular weight is 356 g/mol. The molecule has 3 unspecified atom stereocenters. The van der Waals surface area contributed by atoms with Gasteiger partial charge in [0.25, 0.3) is 0 Å². The van der Waals surface area contributed by atoms with Gasteiger partial charge >= 0.3 is 0 Å². The molecular formula is C21H29N3S. The van der Waals surface area contributed by atoms with Gasteiger partial charge in [-0.2, -0.15) is 0 Å². The summed E-state index contributed by atoms with van der Waals surface area (Å²) in [5, 5.41) is 1.39. The van der Waals surface area contributed by atoms with Gasteiger partial charge in [0, 0.05) is 17.5 Å². The summed E-state index contributed by atoms with van der Waals surface area (Å²) in [6.07, 6.45) is 9.49. The van der Waals surface area contributed by atoms with E-state index in [1.54, 1.807) is 16.8 Å². The number of hydrogen-bond donors (Lipinski definition) is 0. The van der Waals surface area contributed by atoms with E-state index in [2.05, 4.69) is 37.6 Å². The summed E-state index contributed by atoms with van der Waals surface area (Å²) in [4.78, 5) is 15.0. The smallest absolute Gasteiger partial charge is 0.141 e. The zero-order valence-corrected chi connectivity index (χ0v) is 16.7. The van der Waals surface area contributed by atoms with Crippen molar-refractivity contribution in [3.05, 3.63) is 16.8 Å². The third-order valence-corrected chi connectivity index (χ3v) is 7.92. The van der Waals surface area contributed by atoms with Crippen LogP contribution in [0.1, 0.15) is 63.8 Å². The van der Waals surface area contributed by atoms with Gasteiger partial charge in [0.15, 0.2) is 0 Å². The van der Waals surface area contributed by atoms with Crippen LogP contribution < -0.4 is 4.90 Å². The Morgan fingerprint density at radius 2 is 2.04 bits per heavy atom. The molecule has 2 aliphatic carbocycles. The van der Waals surface area contributed by atoms with Crippen molar-refractivity contribution < 1.29 is 0 Å². The number of nitrogens with zero attached hydrogens (tertiary/aromatic N) is 3. The Balaban J connectivity index is 1.62. The molecule has 1 saturated carbocycles. The van der Waals surface area contributed by atoms with Gasteiger partial charge in [-0.05, 0) is 60.8 Å². The molecule has 0 aromatic carbocycles. The van der Waals surface area contributed by atoms with Crippen LogP contribution in [-0.2, 0) is 12.8 Å². The van der Waals surface area contributed by atoms with Gasteiger partial charge in [0.2, 0.25) is 0 Å². The van der Waals surface area contributed by atoms with Crippen LogP contribution in [0, 0.1) is 16.7 Å². The highest BCUT2D eigenvalue weighted by molar-refractivity contribution is 7.19. The largest absolute Gasteiger partial charge is 0.352 e. The van der Waals surface area contributed by atoms with E-state index < -0.39 is 0 Å². The maximum atomic E-state index is 4.85. The SMILES string of the molecule is CC1CCc2c(sc3ncnc(N4CC5(C)CC4CC(C)(C)C5)c23)C1. The molecule has 1 aliphatic heterocycles. The van der Waals surface area contributed by atoms with E-state index in [0.29, 0.717) is 16.9 Å². The van der Waals surface area contributed by atoms with Gasteiger partial charge in [-0.1, -0.05) is 27.7 Å². The Morgan fingerprint density at radius 3 is 2.88 bits per heavy atom. The predicted octanol–water partition coefficient (Wildman–Crippen LogP) is 5.22. The number of anilines is 1. The van der Waals surface area contributed by atoms with Crippen LogP contribution in [0.5, 0.6) is 0 Å². The fourth-order valence-electron chi connectivity index (χ4n) is 6.18. The maximum Gasteiger partial charge on any atom is 0.141 e. The fourth-order valence-corrected chi connectivity index (χ4v) is 7.53. The van der Waals surface area contributed by atoms with E-state index in [0.717, 1.165) is 12.5 Å². The number of aromatic nitrogens is 2. The first kappa shape index (κ1) is 16.0. The van der Waals surface area contributed by atoms with E-state index >= 15 is 0 Å². The van der Waals surface area contributed by atoms with Crippen molar-refractivity contribution in [1.29, 1.82) is 0 Å². The minimum Gasteiger partial charge on any atom is -0.352 e. The van der Waals surface area contributed by atoms with E-state index in [9.17, 15) is 0 Å². The van der Waals surface area contributed by atoms with E-state index in [1.165, 1.54) is 54.6 Å². The van der Waals surface area contributed by atoms with Crippen molar-refractivity contribution in [2.24, 2.45) is 16.7 Å². The lowest BCUT2D eigenvalue weighted by atomic mass is 9.65. The Bertz CT molecular complexity index is 839. The Kier molecular flexibility index (Phi) is 3.33. The molecule has 2 fully saturated rings. The summed E-state index contributed by atoms with van der Waals surface area (Å²) in [5.74, 6) is 2.05. The molecule has 0 N–H and O–H groups in total. The standard InChI is InChI=1S/C21H29N3S/c1-13-5-6-15-16(7-13)25-19-17(15)18(22-12-23-19)24-11-21(4)9-14(24)8-20(2,3)10-21/h12-14H,5-11H2,1-4H3. The maximum absolute atomic E-state index is 4.85. The molecule has 4 heteroatoms. The number of aryl methyl sites for hydroxylation is 1. The number of fused-ring (bicyclic) bond motifs is 5. The van der Waals surface area contributed by atoms with E-state index in [4.69, 9.17) is 4.98 Å². The Morgan fingerprint density at radius 1 is 1.20 bits per heavy atom. The van der Waals surface area contributed by atoms with Gasteiger partial charge in [-0.15, -0.1) is 11.3 Å². The van der Waals surface area contributed by atoms with Crippen molar-refractivity contribution >= 4 is 27.4 Å². The lowest BCUT2D eigenvalue weighted by molar-refractivity contribution is 0.136. The van der Waals surface area contributed by atoms with E-state index in [1.807, 2.05) is 11.3 Å². The molecular weight excluding hydrogens is 326 g/mol. The number of rotatable bonds is 1. The van der Waals surface area contributed by atoms with Crippen LogP contribution in [0.15, 0.2) is 6.33 Å². The topological polar surface area (TPSA) is 29.0 Å². The number of thiophene rings is 1. The molecule has 134 valence electrons. The summed E-state index contributed by atoms with van der Waals surface area (Å²) < 4.78 is 0. The zero-order chi connectivity index (χ0) is 17.4. The minimum absolute atomic E-state index is 0.439. The van der Waals surface area contributed by atoms with Crippen LogP contribution in [0.4, 0.5) is 5.82 Å². The van der Waals surface area contributed by atoms with Gasteiger partial charge < -0.3 is 4.90 Å². The third-order valence-electron chi connectivity index (χ3n) is 6.76. The van der Waals surface area contributed by atoms with Crippen molar-refractivity contribution in [3.63, 3.8) is 0 Å². The van der Waals surface area contributed by atoms with Crippen molar-refractivity contribution in [2.75, 3.05) is 11.4 Å². The summed E-state index contributed by atoms with van der Waals surface area (Å²) >= 11 is 1.92. The molecule has 25 heavy (non-hydrogen) atoms. The third kappa shape index (κ3) is 2.51. The highest BCUT2D eigenvalue weighted by atomic mass is 32.1. The highest BCUT2D eigenvalue weighted by Gasteiger charge is 2.50. The summed E-state index contributed by atoms with van der Waals surface area (Å²) in [7, 11) is 0. The number of hydrogen-bond acceptors (Lipinski definition) is 4. The second-order valence-corrected chi connectivity index (χ2v) is 11.2. The van der Waals surface area contributed by atoms with Gasteiger partial charge in [0.05, 0.1) is 5.39 Å². The lowest BCUT2D eigenvalue weighted by Gasteiger charge is -2.39. The van der Waals surface area contributed by atoms with Crippen molar-refractivity contribution in [3.8, 4) is 0 Å². The molecule has 0 radical (unpaired) electrons. The van der Waals surface area contributed by atoms with Crippen LogP contribution in [0.2, 0.25) is 0 Å². The monoisotopic (exact) mass is 355 g/mol. The summed E-state index contributed by atoms with van der Waals surface area (Å²) in [6, 6.07) is 0.643. The highest BCUT2D eigenvalue weighted by Crippen LogP contribution is 2.54. The van der Waals surface area contributed by atoms with Crippen molar-refractivity contribution in [1.82, 2.24) is 9.97 Å². The van der Waals surface area contributed by atoms with Crippen LogP contribution in [0.3, 0.4) is 0 Å². The second-order valence-electron chi connectivity index (χ2n) is 10.1. The normalized spacial score (nSPS) is 33.7. The quantitative estimate of drug-likeness (QED) is 0.702. The summed E-state index contributed by atoms with van der Waals surface area (Å²) in [5.41, 5.74) is 2.45. The van der Waals surface area contributed by atoms with Gasteiger partial charge in [-0.25, -0.2) is 9.97 Å². The van der Waals surface area contributed by atoms with Crippen molar-refractivity contribution in [2.45, 2.75) is 72.3 Å². The molecule has 3 aliphatic rings. The molecule has 0 spiro atoms. The first-order valence-electron chi connectivity index (χ1n) is 9.86. The second kappa shape index (κ2) is 5.18.